The van der Waals surface area contributed by atoms with Gasteiger partial charge in [-0.25, -0.2) is 4.98 Å². The second kappa shape index (κ2) is 8.51. The van der Waals surface area contributed by atoms with Crippen LogP contribution in [0.15, 0.2) is 41.1 Å². The summed E-state index contributed by atoms with van der Waals surface area (Å²) in [5.74, 6) is 0.891. The number of pyridine rings is 1. The minimum Gasteiger partial charge on any atom is -0.459 e. The molecule has 1 aliphatic heterocycles. The van der Waals surface area contributed by atoms with Crippen molar-refractivity contribution in [2.75, 3.05) is 38.0 Å². The molecule has 3 rings (SSSR count). The molecule has 0 aromatic carbocycles. The molecule has 1 N–H and O–H groups in total. The van der Waals surface area contributed by atoms with E-state index in [1.165, 1.54) is 6.26 Å². The molecule has 0 aliphatic carbocycles. The van der Waals surface area contributed by atoms with Crippen molar-refractivity contribution in [3.63, 3.8) is 0 Å². The fraction of sp³-hybridized carbons (Fsp3) is 0.421. The predicted molar refractivity (Wildman–Crippen MR) is 98.1 cm³/mol. The fourth-order valence-electron chi connectivity index (χ4n) is 2.90. The Labute approximate surface area is 153 Å². The van der Waals surface area contributed by atoms with Crippen molar-refractivity contribution in [3.8, 4) is 0 Å². The van der Waals surface area contributed by atoms with E-state index in [4.69, 9.17) is 4.42 Å². The summed E-state index contributed by atoms with van der Waals surface area (Å²) in [7, 11) is 0. The monoisotopic (exact) mass is 356 g/mol. The highest BCUT2D eigenvalue weighted by molar-refractivity contribution is 5.95. The largest absolute Gasteiger partial charge is 0.459 e. The van der Waals surface area contributed by atoms with Crippen molar-refractivity contribution in [1.29, 1.82) is 0 Å². The number of amides is 2. The lowest BCUT2D eigenvalue weighted by atomic mass is 10.2. The Hall–Kier alpha value is -2.83. The maximum absolute atomic E-state index is 12.7. The lowest BCUT2D eigenvalue weighted by molar-refractivity contribution is 0.0518. The van der Waals surface area contributed by atoms with Crippen LogP contribution in [0.4, 0.5) is 5.82 Å². The first kappa shape index (κ1) is 18.0. The Morgan fingerprint density at radius 1 is 1.15 bits per heavy atom. The molecule has 1 aliphatic rings. The summed E-state index contributed by atoms with van der Waals surface area (Å²) in [6.45, 7) is 4.98. The highest BCUT2D eigenvalue weighted by atomic mass is 16.3. The minimum atomic E-state index is -0.131. The quantitative estimate of drug-likeness (QED) is 0.805. The van der Waals surface area contributed by atoms with E-state index in [9.17, 15) is 9.59 Å². The number of nitrogens with zero attached hydrogens (tertiary/aromatic N) is 3. The third kappa shape index (κ3) is 4.22. The minimum absolute atomic E-state index is 0.0314. The van der Waals surface area contributed by atoms with Gasteiger partial charge in [0, 0.05) is 44.5 Å². The van der Waals surface area contributed by atoms with Gasteiger partial charge in [-0.2, -0.15) is 0 Å². The molecule has 2 aromatic heterocycles. The van der Waals surface area contributed by atoms with Crippen molar-refractivity contribution >= 4 is 17.6 Å². The van der Waals surface area contributed by atoms with Crippen molar-refractivity contribution in [2.45, 2.75) is 19.8 Å². The number of carbonyl (C=O) groups is 2. The summed E-state index contributed by atoms with van der Waals surface area (Å²) in [6, 6.07) is 6.87. The summed E-state index contributed by atoms with van der Waals surface area (Å²) < 4.78 is 5.16. The standard InChI is InChI=1S/C19H24N4O3/c1-2-3-7-20-17-14-15(6-8-21-17)18(24)22-9-11-23(12-10-22)19(25)16-5-4-13-26-16/h4-6,8,13-14H,2-3,7,9-12H2,1H3,(H,20,21). The summed E-state index contributed by atoms with van der Waals surface area (Å²) in [5.41, 5.74) is 0.616. The number of aromatic nitrogens is 1. The lowest BCUT2D eigenvalue weighted by Gasteiger charge is -2.34. The second-order valence-electron chi connectivity index (χ2n) is 6.27. The molecule has 1 fully saturated rings. The first-order chi connectivity index (χ1) is 12.7. The van der Waals surface area contributed by atoms with Crippen molar-refractivity contribution < 1.29 is 14.0 Å². The van der Waals surface area contributed by atoms with Gasteiger partial charge in [-0.1, -0.05) is 13.3 Å². The Kier molecular flexibility index (Phi) is 5.88. The molecule has 0 saturated carbocycles. The van der Waals surface area contributed by atoms with Gasteiger partial charge in [0.2, 0.25) is 0 Å². The Bertz CT molecular complexity index is 737. The third-order valence-corrected chi connectivity index (χ3v) is 4.43. The number of furan rings is 1. The normalized spacial score (nSPS) is 14.3. The van der Waals surface area contributed by atoms with Gasteiger partial charge in [0.15, 0.2) is 5.76 Å². The van der Waals surface area contributed by atoms with Crippen LogP contribution in [0.5, 0.6) is 0 Å². The summed E-state index contributed by atoms with van der Waals surface area (Å²) in [5, 5.41) is 3.24. The van der Waals surface area contributed by atoms with E-state index in [-0.39, 0.29) is 11.8 Å². The van der Waals surface area contributed by atoms with Crippen LogP contribution in [0, 0.1) is 0 Å². The van der Waals surface area contributed by atoms with Crippen LogP contribution < -0.4 is 5.32 Å². The Morgan fingerprint density at radius 3 is 2.54 bits per heavy atom. The van der Waals surface area contributed by atoms with Crippen molar-refractivity contribution in [2.24, 2.45) is 0 Å². The molecule has 7 nitrogen and oxygen atoms in total. The zero-order valence-corrected chi connectivity index (χ0v) is 15.0. The lowest BCUT2D eigenvalue weighted by Crippen LogP contribution is -2.50. The molecule has 138 valence electrons. The number of anilines is 1. The zero-order chi connectivity index (χ0) is 18.4. The molecule has 0 radical (unpaired) electrons. The smallest absolute Gasteiger partial charge is 0.289 e. The third-order valence-electron chi connectivity index (χ3n) is 4.43. The number of piperazine rings is 1. The number of rotatable bonds is 6. The van der Waals surface area contributed by atoms with E-state index in [0.29, 0.717) is 37.5 Å². The molecule has 0 unspecified atom stereocenters. The number of unbranched alkanes of at least 4 members (excludes halogenated alkanes) is 1. The molecular weight excluding hydrogens is 332 g/mol. The molecule has 7 heteroatoms. The highest BCUT2D eigenvalue weighted by Crippen LogP contribution is 2.14. The molecule has 1 saturated heterocycles. The Balaban J connectivity index is 1.56. The van der Waals surface area contributed by atoms with Crippen molar-refractivity contribution in [3.05, 3.63) is 48.0 Å². The maximum Gasteiger partial charge on any atom is 0.289 e. The summed E-state index contributed by atoms with van der Waals surface area (Å²) in [4.78, 5) is 32.8. The zero-order valence-electron chi connectivity index (χ0n) is 15.0. The van der Waals surface area contributed by atoms with Crippen LogP contribution in [-0.4, -0.2) is 59.3 Å². The number of hydrogen-bond acceptors (Lipinski definition) is 5. The fourth-order valence-corrected chi connectivity index (χ4v) is 2.90. The van der Waals surface area contributed by atoms with Crippen LogP contribution in [0.3, 0.4) is 0 Å². The van der Waals surface area contributed by atoms with Crippen LogP contribution >= 0.6 is 0 Å². The second-order valence-corrected chi connectivity index (χ2v) is 6.27. The van der Waals surface area contributed by atoms with Gasteiger partial charge in [0.05, 0.1) is 6.26 Å². The average molecular weight is 356 g/mol. The van der Waals surface area contributed by atoms with Crippen LogP contribution in [0.1, 0.15) is 40.7 Å². The van der Waals surface area contributed by atoms with E-state index < -0.39 is 0 Å². The van der Waals surface area contributed by atoms with E-state index in [1.54, 1.807) is 40.3 Å². The van der Waals surface area contributed by atoms with E-state index in [1.807, 2.05) is 0 Å². The van der Waals surface area contributed by atoms with Gasteiger partial charge in [-0.3, -0.25) is 9.59 Å². The summed E-state index contributed by atoms with van der Waals surface area (Å²) in [6.07, 6.45) is 5.30. The number of carbonyl (C=O) groups excluding carboxylic acids is 2. The molecule has 0 atom stereocenters. The van der Waals surface area contributed by atoms with Gasteiger partial charge in [-0.05, 0) is 30.7 Å². The maximum atomic E-state index is 12.7. The molecule has 0 bridgehead atoms. The SMILES string of the molecule is CCCCNc1cc(C(=O)N2CCN(C(=O)c3ccco3)CC2)ccn1. The van der Waals surface area contributed by atoms with Crippen LogP contribution in [0.2, 0.25) is 0 Å². The van der Waals surface area contributed by atoms with Crippen molar-refractivity contribution in [1.82, 2.24) is 14.8 Å². The number of nitrogens with one attached hydrogen (secondary N) is 1. The van der Waals surface area contributed by atoms with E-state index in [0.717, 1.165) is 25.2 Å². The van der Waals surface area contributed by atoms with Gasteiger partial charge >= 0.3 is 0 Å². The predicted octanol–water partition coefficient (Wildman–Crippen LogP) is 2.48. The van der Waals surface area contributed by atoms with E-state index >= 15 is 0 Å². The molecule has 0 spiro atoms. The molecule has 26 heavy (non-hydrogen) atoms. The number of hydrogen-bond donors (Lipinski definition) is 1. The first-order valence-electron chi connectivity index (χ1n) is 9.01. The summed E-state index contributed by atoms with van der Waals surface area (Å²) >= 11 is 0. The molecule has 2 amide bonds. The van der Waals surface area contributed by atoms with Gasteiger partial charge in [0.1, 0.15) is 5.82 Å². The molecule has 2 aromatic rings. The average Bonchev–Trinajstić information content (AvgIpc) is 3.22. The van der Waals surface area contributed by atoms with Crippen LogP contribution in [-0.2, 0) is 0 Å². The first-order valence-corrected chi connectivity index (χ1v) is 9.01. The molecule has 3 heterocycles. The van der Waals surface area contributed by atoms with Gasteiger partial charge in [-0.15, -0.1) is 0 Å². The van der Waals surface area contributed by atoms with E-state index in [2.05, 4.69) is 17.2 Å². The van der Waals surface area contributed by atoms with Crippen LogP contribution in [0.25, 0.3) is 0 Å². The highest BCUT2D eigenvalue weighted by Gasteiger charge is 2.26. The van der Waals surface area contributed by atoms with Gasteiger partial charge in [0.25, 0.3) is 11.8 Å². The topological polar surface area (TPSA) is 78.7 Å². The molecular formula is C19H24N4O3. The van der Waals surface area contributed by atoms with Gasteiger partial charge < -0.3 is 19.5 Å². The Morgan fingerprint density at radius 2 is 1.88 bits per heavy atom.